The molecule has 0 aliphatic carbocycles. The molecule has 0 aromatic heterocycles. The zero-order valence-electron chi connectivity index (χ0n) is 16.5. The van der Waals surface area contributed by atoms with E-state index in [-0.39, 0.29) is 23.3 Å². The van der Waals surface area contributed by atoms with Gasteiger partial charge in [-0.3, -0.25) is 0 Å². The molecule has 2 aromatic carbocycles. The molecule has 0 unspecified atom stereocenters. The van der Waals surface area contributed by atoms with Crippen molar-refractivity contribution in [3.8, 4) is 0 Å². The third-order valence-corrected chi connectivity index (χ3v) is 3.93. The second-order valence-corrected chi connectivity index (χ2v) is 6.95. The van der Waals surface area contributed by atoms with Crippen LogP contribution in [0.1, 0.15) is 61.6 Å². The Bertz CT molecular complexity index is 946. The quantitative estimate of drug-likeness (QED) is 0.297. The lowest BCUT2D eigenvalue weighted by atomic mass is 10.0. The largest absolute Gasteiger partial charge is 0.478 e. The first kappa shape index (κ1) is 22.1. The molecule has 0 saturated carbocycles. The van der Waals surface area contributed by atoms with Crippen LogP contribution in [-0.2, 0) is 21.1 Å². The van der Waals surface area contributed by atoms with Crippen LogP contribution in [0.25, 0.3) is 0 Å². The van der Waals surface area contributed by atoms with Gasteiger partial charge in [0.1, 0.15) is 6.61 Å². The molecule has 0 saturated heterocycles. The predicted molar refractivity (Wildman–Crippen MR) is 102 cm³/mol. The second-order valence-electron chi connectivity index (χ2n) is 6.95. The molecule has 8 nitrogen and oxygen atoms in total. The minimum absolute atomic E-state index is 0.0693. The van der Waals surface area contributed by atoms with E-state index in [1.807, 2.05) is 6.92 Å². The highest BCUT2D eigenvalue weighted by atomic mass is 17.2. The van der Waals surface area contributed by atoms with E-state index in [4.69, 9.17) is 14.5 Å². The van der Waals surface area contributed by atoms with Crippen LogP contribution in [0.5, 0.6) is 0 Å². The Kier molecular flexibility index (Phi) is 6.73. The fraction of sp³-hybridized carbons (Fsp3) is 0.286. The minimum atomic E-state index is -1.55. The molecule has 0 aliphatic rings. The Balaban J connectivity index is 2.07. The van der Waals surface area contributed by atoms with Crippen LogP contribution in [0.4, 0.5) is 0 Å². The summed E-state index contributed by atoms with van der Waals surface area (Å²) in [6.45, 7) is 6.17. The number of ether oxygens (including phenoxy) is 1. The topological polar surface area (TPSA) is 119 Å². The summed E-state index contributed by atoms with van der Waals surface area (Å²) in [6.07, 6.45) is 0. The summed E-state index contributed by atoms with van der Waals surface area (Å²) in [4.78, 5) is 45.4. The smallest absolute Gasteiger partial charge is 0.341 e. The number of hydrogen-bond acceptors (Lipinski definition) is 6. The van der Waals surface area contributed by atoms with Crippen LogP contribution >= 0.6 is 0 Å². The Morgan fingerprint density at radius 3 is 2.00 bits per heavy atom. The number of aryl methyl sites for hydroxylation is 2. The number of hydrogen-bond donors (Lipinski definition) is 2. The standard InChI is InChI=1S/C21H22O8/c1-12-5-7-15(18(22)23)14(9-12)11-27-29-21(3,4)28-20(26)17-10-13(2)6-8-16(17)19(24)25/h5-10H,11H2,1-4H3,(H,22,23)(H,24,25). The van der Waals surface area contributed by atoms with Crippen molar-refractivity contribution < 1.29 is 39.1 Å². The molecule has 0 spiro atoms. The number of carbonyl (C=O) groups is 3. The van der Waals surface area contributed by atoms with E-state index in [1.165, 1.54) is 32.0 Å². The van der Waals surface area contributed by atoms with Crippen molar-refractivity contribution in [3.05, 3.63) is 69.8 Å². The van der Waals surface area contributed by atoms with E-state index >= 15 is 0 Å². The number of esters is 1. The van der Waals surface area contributed by atoms with Gasteiger partial charge in [-0.1, -0.05) is 29.3 Å². The highest BCUT2D eigenvalue weighted by molar-refractivity contribution is 6.02. The van der Waals surface area contributed by atoms with Crippen molar-refractivity contribution in [2.45, 2.75) is 40.1 Å². The zero-order valence-corrected chi connectivity index (χ0v) is 16.5. The molecule has 29 heavy (non-hydrogen) atoms. The van der Waals surface area contributed by atoms with Crippen molar-refractivity contribution in [2.24, 2.45) is 0 Å². The number of carboxylic acid groups (broad SMARTS) is 2. The predicted octanol–water partition coefficient (Wildman–Crippen LogP) is 3.74. The summed E-state index contributed by atoms with van der Waals surface area (Å²) in [5, 5.41) is 18.5. The maximum Gasteiger partial charge on any atom is 0.341 e. The third kappa shape index (κ3) is 5.87. The molecule has 0 heterocycles. The molecule has 0 radical (unpaired) electrons. The lowest BCUT2D eigenvalue weighted by Gasteiger charge is -2.24. The molecule has 154 valence electrons. The number of benzene rings is 2. The van der Waals surface area contributed by atoms with Crippen molar-refractivity contribution >= 4 is 17.9 Å². The first-order chi connectivity index (χ1) is 13.5. The SMILES string of the molecule is Cc1ccc(C(=O)O)c(COOC(C)(C)OC(=O)c2cc(C)ccc2C(=O)O)c1. The van der Waals surface area contributed by atoms with Crippen molar-refractivity contribution in [3.63, 3.8) is 0 Å². The van der Waals surface area contributed by atoms with Gasteiger partial charge in [0.05, 0.1) is 16.7 Å². The van der Waals surface area contributed by atoms with Gasteiger partial charge in [-0.15, -0.1) is 0 Å². The summed E-state index contributed by atoms with van der Waals surface area (Å²) in [6, 6.07) is 9.09. The van der Waals surface area contributed by atoms with Crippen LogP contribution < -0.4 is 0 Å². The van der Waals surface area contributed by atoms with E-state index in [1.54, 1.807) is 25.1 Å². The first-order valence-electron chi connectivity index (χ1n) is 8.71. The maximum absolute atomic E-state index is 12.5. The van der Waals surface area contributed by atoms with Gasteiger partial charge in [0.25, 0.3) is 0 Å². The van der Waals surface area contributed by atoms with Gasteiger partial charge in [-0.25, -0.2) is 19.3 Å². The molecule has 0 bridgehead atoms. The Labute approximate surface area is 167 Å². The van der Waals surface area contributed by atoms with E-state index in [9.17, 15) is 24.6 Å². The summed E-state index contributed by atoms with van der Waals surface area (Å²) in [7, 11) is 0. The van der Waals surface area contributed by atoms with Crippen molar-refractivity contribution in [2.75, 3.05) is 0 Å². The van der Waals surface area contributed by atoms with Crippen molar-refractivity contribution in [1.82, 2.24) is 0 Å². The first-order valence-corrected chi connectivity index (χ1v) is 8.71. The Morgan fingerprint density at radius 1 is 0.862 bits per heavy atom. The third-order valence-electron chi connectivity index (χ3n) is 3.93. The van der Waals surface area contributed by atoms with Gasteiger partial charge in [-0.05, 0) is 37.6 Å². The molecular weight excluding hydrogens is 380 g/mol. The summed E-state index contributed by atoms with van der Waals surface area (Å²) < 4.78 is 5.24. The molecular formula is C21H22O8. The van der Waals surface area contributed by atoms with Crippen LogP contribution in [0, 0.1) is 13.8 Å². The molecule has 0 atom stereocenters. The number of aromatic carboxylic acids is 2. The second kappa shape index (κ2) is 8.85. The molecule has 2 aromatic rings. The van der Waals surface area contributed by atoms with E-state index in [2.05, 4.69) is 0 Å². The molecule has 8 heteroatoms. The molecule has 0 aliphatic heterocycles. The van der Waals surface area contributed by atoms with Crippen LogP contribution in [0.15, 0.2) is 36.4 Å². The van der Waals surface area contributed by atoms with Gasteiger partial charge in [0.15, 0.2) is 0 Å². The summed E-state index contributed by atoms with van der Waals surface area (Å²) in [5.41, 5.74) is 1.70. The summed E-state index contributed by atoms with van der Waals surface area (Å²) >= 11 is 0. The number of rotatable bonds is 8. The average Bonchev–Trinajstić information content (AvgIpc) is 2.60. The molecule has 2 rings (SSSR count). The lowest BCUT2D eigenvalue weighted by molar-refractivity contribution is -0.411. The normalized spacial score (nSPS) is 11.2. The molecule has 2 N–H and O–H groups in total. The minimum Gasteiger partial charge on any atom is -0.478 e. The van der Waals surface area contributed by atoms with Crippen LogP contribution in [-0.4, -0.2) is 33.9 Å². The van der Waals surface area contributed by atoms with Gasteiger partial charge in [0, 0.05) is 13.8 Å². The fourth-order valence-electron chi connectivity index (χ4n) is 2.59. The van der Waals surface area contributed by atoms with Crippen LogP contribution in [0.3, 0.4) is 0 Å². The molecule has 0 fully saturated rings. The Morgan fingerprint density at radius 2 is 1.41 bits per heavy atom. The van der Waals surface area contributed by atoms with Gasteiger partial charge < -0.3 is 14.9 Å². The number of carboxylic acids is 2. The van der Waals surface area contributed by atoms with Gasteiger partial charge in [0.2, 0.25) is 5.79 Å². The van der Waals surface area contributed by atoms with E-state index in [0.29, 0.717) is 11.1 Å². The monoisotopic (exact) mass is 402 g/mol. The van der Waals surface area contributed by atoms with Gasteiger partial charge in [-0.2, -0.15) is 4.89 Å². The maximum atomic E-state index is 12.5. The van der Waals surface area contributed by atoms with E-state index < -0.39 is 23.7 Å². The van der Waals surface area contributed by atoms with Crippen LogP contribution in [0.2, 0.25) is 0 Å². The number of carbonyl (C=O) groups excluding carboxylic acids is 1. The molecule has 0 amide bonds. The summed E-state index contributed by atoms with van der Waals surface area (Å²) in [5.74, 6) is -4.80. The highest BCUT2D eigenvalue weighted by Gasteiger charge is 2.28. The van der Waals surface area contributed by atoms with Gasteiger partial charge >= 0.3 is 17.9 Å². The van der Waals surface area contributed by atoms with E-state index in [0.717, 1.165) is 5.56 Å². The lowest BCUT2D eigenvalue weighted by Crippen LogP contribution is -2.32. The highest BCUT2D eigenvalue weighted by Crippen LogP contribution is 2.20. The Hall–Kier alpha value is -3.23. The zero-order chi connectivity index (χ0) is 21.8. The fourth-order valence-corrected chi connectivity index (χ4v) is 2.59. The average molecular weight is 402 g/mol. The van der Waals surface area contributed by atoms with Crippen molar-refractivity contribution in [1.29, 1.82) is 0 Å².